The molecule has 1 heterocycles. The molecule has 1 aliphatic rings. The van der Waals surface area contributed by atoms with E-state index in [1.165, 1.54) is 17.4 Å². The van der Waals surface area contributed by atoms with E-state index in [-0.39, 0.29) is 5.82 Å². The molecule has 3 aromatic rings. The highest BCUT2D eigenvalue weighted by molar-refractivity contribution is 6.27. The van der Waals surface area contributed by atoms with Crippen LogP contribution in [0.4, 0.5) is 15.8 Å². The SMILES string of the molecule is Fc1cccc(C2CCN(CCCN(c3ccccc3)c3ccccc3)CC2)c1.O=C(O)C(=O)O. The number of aliphatic carboxylic acids is 2. The molecule has 0 aliphatic carbocycles. The van der Waals surface area contributed by atoms with Crippen LogP contribution in [0.1, 0.15) is 30.7 Å². The number of likely N-dealkylation sites (tertiary alicyclic amines) is 1. The number of carboxylic acids is 2. The molecule has 0 spiro atoms. The van der Waals surface area contributed by atoms with Gasteiger partial charge < -0.3 is 20.0 Å². The number of benzene rings is 3. The van der Waals surface area contributed by atoms with Crippen molar-refractivity contribution in [1.29, 1.82) is 0 Å². The maximum absolute atomic E-state index is 13.5. The van der Waals surface area contributed by atoms with Crippen LogP contribution in [0, 0.1) is 5.82 Å². The zero-order valence-electron chi connectivity index (χ0n) is 19.6. The Kier molecular flexibility index (Phi) is 9.80. The number of carbonyl (C=O) groups is 2. The largest absolute Gasteiger partial charge is 0.473 e. The average molecular weight is 479 g/mol. The monoisotopic (exact) mass is 478 g/mol. The Morgan fingerprint density at radius 1 is 0.829 bits per heavy atom. The fourth-order valence-electron chi connectivity index (χ4n) is 4.33. The molecule has 0 radical (unpaired) electrons. The molecule has 184 valence electrons. The van der Waals surface area contributed by atoms with Gasteiger partial charge in [0.25, 0.3) is 0 Å². The number of hydrogen-bond donors (Lipinski definition) is 2. The summed E-state index contributed by atoms with van der Waals surface area (Å²) in [7, 11) is 0. The second kappa shape index (κ2) is 13.2. The summed E-state index contributed by atoms with van der Waals surface area (Å²) in [4.78, 5) is 23.2. The lowest BCUT2D eigenvalue weighted by molar-refractivity contribution is -0.159. The van der Waals surface area contributed by atoms with Crippen LogP contribution in [-0.2, 0) is 9.59 Å². The number of carboxylic acid groups (broad SMARTS) is 2. The van der Waals surface area contributed by atoms with Crippen molar-refractivity contribution >= 4 is 23.3 Å². The summed E-state index contributed by atoms with van der Waals surface area (Å²) in [5, 5.41) is 14.8. The zero-order chi connectivity index (χ0) is 25.0. The number of para-hydroxylation sites is 2. The molecule has 1 fully saturated rings. The van der Waals surface area contributed by atoms with Gasteiger partial charge in [0.2, 0.25) is 0 Å². The summed E-state index contributed by atoms with van der Waals surface area (Å²) in [5.41, 5.74) is 3.64. The quantitative estimate of drug-likeness (QED) is 0.443. The highest BCUT2D eigenvalue weighted by Gasteiger charge is 2.21. The third kappa shape index (κ3) is 8.22. The third-order valence-electron chi connectivity index (χ3n) is 6.08. The van der Waals surface area contributed by atoms with Crippen molar-refractivity contribution in [3.05, 3.63) is 96.3 Å². The van der Waals surface area contributed by atoms with Gasteiger partial charge in [0, 0.05) is 17.9 Å². The summed E-state index contributed by atoms with van der Waals surface area (Å²) in [6.07, 6.45) is 3.35. The van der Waals surface area contributed by atoms with Crippen LogP contribution in [0.2, 0.25) is 0 Å². The van der Waals surface area contributed by atoms with E-state index in [1.54, 1.807) is 6.07 Å². The van der Waals surface area contributed by atoms with E-state index in [1.807, 2.05) is 6.07 Å². The van der Waals surface area contributed by atoms with E-state index in [9.17, 15) is 4.39 Å². The van der Waals surface area contributed by atoms with Crippen LogP contribution in [0.3, 0.4) is 0 Å². The summed E-state index contributed by atoms with van der Waals surface area (Å²) in [6.45, 7) is 4.29. The summed E-state index contributed by atoms with van der Waals surface area (Å²) in [6, 6.07) is 28.4. The van der Waals surface area contributed by atoms with E-state index in [2.05, 4.69) is 76.5 Å². The number of halogens is 1. The van der Waals surface area contributed by atoms with Gasteiger partial charge in [0.05, 0.1) is 0 Å². The summed E-state index contributed by atoms with van der Waals surface area (Å²) >= 11 is 0. The Bertz CT molecular complexity index is 1020. The maximum atomic E-state index is 13.5. The first-order valence-corrected chi connectivity index (χ1v) is 11.8. The minimum atomic E-state index is -1.82. The number of rotatable bonds is 7. The van der Waals surface area contributed by atoms with E-state index >= 15 is 0 Å². The highest BCUT2D eigenvalue weighted by Crippen LogP contribution is 2.29. The molecule has 0 bridgehead atoms. The Labute approximate surface area is 205 Å². The lowest BCUT2D eigenvalue weighted by Crippen LogP contribution is -2.35. The number of anilines is 2. The molecular weight excluding hydrogens is 447 g/mol. The molecule has 35 heavy (non-hydrogen) atoms. The van der Waals surface area contributed by atoms with Gasteiger partial charge in [-0.05, 0) is 86.8 Å². The van der Waals surface area contributed by atoms with Crippen LogP contribution in [0.15, 0.2) is 84.9 Å². The van der Waals surface area contributed by atoms with Crippen LogP contribution < -0.4 is 4.90 Å². The second-order valence-corrected chi connectivity index (χ2v) is 8.46. The molecule has 0 atom stereocenters. The van der Waals surface area contributed by atoms with Gasteiger partial charge in [-0.1, -0.05) is 48.5 Å². The van der Waals surface area contributed by atoms with Gasteiger partial charge in [0.15, 0.2) is 0 Å². The number of nitrogens with zero attached hydrogens (tertiary/aromatic N) is 2. The maximum Gasteiger partial charge on any atom is 0.414 e. The molecule has 3 aromatic carbocycles. The normalized spacial score (nSPS) is 14.0. The van der Waals surface area contributed by atoms with Crippen LogP contribution in [0.25, 0.3) is 0 Å². The molecule has 0 amide bonds. The zero-order valence-corrected chi connectivity index (χ0v) is 19.6. The third-order valence-corrected chi connectivity index (χ3v) is 6.08. The summed E-state index contributed by atoms with van der Waals surface area (Å²) in [5.74, 6) is -3.27. The molecule has 0 saturated carbocycles. The Balaban J connectivity index is 0.000000509. The van der Waals surface area contributed by atoms with Crippen molar-refractivity contribution in [2.75, 3.05) is 31.1 Å². The van der Waals surface area contributed by atoms with Gasteiger partial charge in [-0.3, -0.25) is 0 Å². The molecule has 1 saturated heterocycles. The lowest BCUT2D eigenvalue weighted by atomic mass is 9.89. The molecule has 4 rings (SSSR count). The van der Waals surface area contributed by atoms with Crippen molar-refractivity contribution in [2.45, 2.75) is 25.2 Å². The molecular formula is C28H31FN2O4. The van der Waals surface area contributed by atoms with Crippen molar-refractivity contribution in [3.8, 4) is 0 Å². The molecule has 0 aromatic heterocycles. The van der Waals surface area contributed by atoms with Gasteiger partial charge in [0.1, 0.15) is 5.82 Å². The van der Waals surface area contributed by atoms with Gasteiger partial charge in [-0.25, -0.2) is 14.0 Å². The summed E-state index contributed by atoms with van der Waals surface area (Å²) < 4.78 is 13.5. The Morgan fingerprint density at radius 2 is 1.37 bits per heavy atom. The first-order chi connectivity index (χ1) is 16.9. The van der Waals surface area contributed by atoms with Gasteiger partial charge >= 0.3 is 11.9 Å². The molecule has 7 heteroatoms. The Morgan fingerprint density at radius 3 is 1.86 bits per heavy atom. The topological polar surface area (TPSA) is 81.1 Å². The first kappa shape index (κ1) is 25.9. The van der Waals surface area contributed by atoms with Gasteiger partial charge in [-0.15, -0.1) is 0 Å². The first-order valence-electron chi connectivity index (χ1n) is 11.8. The van der Waals surface area contributed by atoms with Crippen molar-refractivity contribution < 1.29 is 24.2 Å². The fraction of sp³-hybridized carbons (Fsp3) is 0.286. The smallest absolute Gasteiger partial charge is 0.414 e. The van der Waals surface area contributed by atoms with Crippen LogP contribution >= 0.6 is 0 Å². The molecule has 1 aliphatic heterocycles. The second-order valence-electron chi connectivity index (χ2n) is 8.46. The highest BCUT2D eigenvalue weighted by atomic mass is 19.1. The minimum absolute atomic E-state index is 0.119. The van der Waals surface area contributed by atoms with Gasteiger partial charge in [-0.2, -0.15) is 0 Å². The van der Waals surface area contributed by atoms with E-state index in [0.29, 0.717) is 5.92 Å². The van der Waals surface area contributed by atoms with Crippen molar-refractivity contribution in [1.82, 2.24) is 4.90 Å². The average Bonchev–Trinajstić information content (AvgIpc) is 2.88. The van der Waals surface area contributed by atoms with E-state index < -0.39 is 11.9 Å². The van der Waals surface area contributed by atoms with Crippen LogP contribution in [-0.4, -0.2) is 53.2 Å². The van der Waals surface area contributed by atoms with Crippen molar-refractivity contribution in [3.63, 3.8) is 0 Å². The number of piperidine rings is 1. The van der Waals surface area contributed by atoms with Crippen LogP contribution in [0.5, 0.6) is 0 Å². The van der Waals surface area contributed by atoms with E-state index in [0.717, 1.165) is 51.0 Å². The molecule has 6 nitrogen and oxygen atoms in total. The predicted octanol–water partition coefficient (Wildman–Crippen LogP) is 5.39. The predicted molar refractivity (Wildman–Crippen MR) is 135 cm³/mol. The molecule has 2 N–H and O–H groups in total. The molecule has 0 unspecified atom stereocenters. The fourth-order valence-corrected chi connectivity index (χ4v) is 4.33. The number of hydrogen-bond acceptors (Lipinski definition) is 4. The van der Waals surface area contributed by atoms with Crippen molar-refractivity contribution in [2.24, 2.45) is 0 Å². The minimum Gasteiger partial charge on any atom is -0.473 e. The van der Waals surface area contributed by atoms with E-state index in [4.69, 9.17) is 19.8 Å². The standard InChI is InChI=1S/C26H29FN2.C2H2O4/c27-24-10-7-9-23(21-24)22-15-19-28(20-16-22)17-8-18-29(25-11-3-1-4-12-25)26-13-5-2-6-14-26;3-1(4)2(5)6/h1-7,9-14,21-22H,8,15-20H2;(H,3,4)(H,5,6). The lowest BCUT2D eigenvalue weighted by Gasteiger charge is -2.33. The Hall–Kier alpha value is -3.71.